The first-order valence-corrected chi connectivity index (χ1v) is 9.02. The largest absolute Gasteiger partial charge is 0.496 e. The lowest BCUT2D eigenvalue weighted by Crippen LogP contribution is -2.86. The number of quaternary nitrogens is 1. The number of benzene rings is 2. The Kier molecular flexibility index (Phi) is 7.17. The minimum atomic E-state index is -0.129. The van der Waals surface area contributed by atoms with Crippen molar-refractivity contribution < 1.29 is 19.6 Å². The number of methoxy groups -OCH3 is 1. The molecule has 6 nitrogen and oxygen atoms in total. The van der Waals surface area contributed by atoms with Gasteiger partial charge in [0.1, 0.15) is 11.8 Å². The fourth-order valence-corrected chi connectivity index (χ4v) is 3.00. The van der Waals surface area contributed by atoms with E-state index < -0.39 is 0 Å². The molecular formula is C19H23BrN3O3+. The van der Waals surface area contributed by atoms with Crippen LogP contribution in [0.4, 0.5) is 11.4 Å². The smallest absolute Gasteiger partial charge is 0.279 e. The molecule has 0 radical (unpaired) electrons. The molecule has 7 heteroatoms. The third-order valence-electron chi connectivity index (χ3n) is 3.85. The van der Waals surface area contributed by atoms with Crippen molar-refractivity contribution in [2.24, 2.45) is 0 Å². The molecule has 26 heavy (non-hydrogen) atoms. The lowest BCUT2D eigenvalue weighted by molar-refractivity contribution is -0.682. The summed E-state index contributed by atoms with van der Waals surface area (Å²) in [4.78, 5) is 23.1. The molecule has 2 aromatic rings. The number of hydrogen-bond acceptors (Lipinski definition) is 3. The minimum Gasteiger partial charge on any atom is -0.496 e. The third-order valence-corrected chi connectivity index (χ3v) is 4.47. The second-order valence-electron chi connectivity index (χ2n) is 5.93. The molecule has 2 rings (SSSR count). The Morgan fingerprint density at radius 1 is 1.12 bits per heavy atom. The van der Waals surface area contributed by atoms with Crippen LogP contribution in [0, 0.1) is 0 Å². The number of carbonyl (C=O) groups excluding carboxylic acids is 2. The lowest BCUT2D eigenvalue weighted by atomic mass is 10.1. The molecule has 0 fully saturated rings. The molecular weight excluding hydrogens is 398 g/mol. The Morgan fingerprint density at radius 3 is 2.27 bits per heavy atom. The number of anilines is 2. The fourth-order valence-electron chi connectivity index (χ4n) is 2.44. The van der Waals surface area contributed by atoms with Gasteiger partial charge in [-0.1, -0.05) is 0 Å². The standard InChI is InChI=1S/C19H22BrN3O3/c1-12(14-4-9-18(26-3)17(20)10-14)21-11-19(25)23-16-7-5-15(6-8-16)22-13(2)24/h4-10,12,21H,11H2,1-3H3,(H,22,24)(H,23,25)/p+1/t12-/m1/s1. The molecule has 0 bridgehead atoms. The zero-order valence-corrected chi connectivity index (χ0v) is 16.6. The molecule has 0 aliphatic heterocycles. The zero-order chi connectivity index (χ0) is 19.1. The molecule has 0 spiro atoms. The van der Waals surface area contributed by atoms with Gasteiger partial charge in [-0.25, -0.2) is 0 Å². The first kappa shape index (κ1) is 19.9. The van der Waals surface area contributed by atoms with Crippen LogP contribution >= 0.6 is 15.9 Å². The van der Waals surface area contributed by atoms with Gasteiger partial charge in [-0.2, -0.15) is 0 Å². The predicted octanol–water partition coefficient (Wildman–Crippen LogP) is 2.68. The highest BCUT2D eigenvalue weighted by Crippen LogP contribution is 2.27. The van der Waals surface area contributed by atoms with E-state index in [1.165, 1.54) is 6.92 Å². The summed E-state index contributed by atoms with van der Waals surface area (Å²) in [6.45, 7) is 3.80. The van der Waals surface area contributed by atoms with Gasteiger partial charge in [-0.15, -0.1) is 0 Å². The van der Waals surface area contributed by atoms with Gasteiger partial charge in [-0.05, 0) is 65.3 Å². The van der Waals surface area contributed by atoms with Crippen LogP contribution in [-0.2, 0) is 9.59 Å². The van der Waals surface area contributed by atoms with Gasteiger partial charge in [0, 0.05) is 23.9 Å². The highest BCUT2D eigenvalue weighted by atomic mass is 79.9. The van der Waals surface area contributed by atoms with E-state index in [0.29, 0.717) is 17.9 Å². The van der Waals surface area contributed by atoms with Crippen molar-refractivity contribution in [2.45, 2.75) is 19.9 Å². The van der Waals surface area contributed by atoms with E-state index in [4.69, 9.17) is 4.74 Å². The van der Waals surface area contributed by atoms with Gasteiger partial charge in [0.25, 0.3) is 5.91 Å². The minimum absolute atomic E-state index is 0.0864. The maximum atomic E-state index is 12.1. The number of amides is 2. The van der Waals surface area contributed by atoms with E-state index in [0.717, 1.165) is 15.8 Å². The van der Waals surface area contributed by atoms with Crippen molar-refractivity contribution in [3.05, 3.63) is 52.5 Å². The van der Waals surface area contributed by atoms with E-state index >= 15 is 0 Å². The fraction of sp³-hybridized carbons (Fsp3) is 0.263. The molecule has 0 unspecified atom stereocenters. The van der Waals surface area contributed by atoms with Crippen LogP contribution in [-0.4, -0.2) is 25.5 Å². The Bertz CT molecular complexity index is 778. The second-order valence-corrected chi connectivity index (χ2v) is 6.78. The molecule has 0 saturated heterocycles. The van der Waals surface area contributed by atoms with E-state index in [1.807, 2.05) is 30.4 Å². The average Bonchev–Trinajstić information content (AvgIpc) is 2.61. The zero-order valence-electron chi connectivity index (χ0n) is 15.0. The van der Waals surface area contributed by atoms with Crippen molar-refractivity contribution in [2.75, 3.05) is 24.3 Å². The van der Waals surface area contributed by atoms with E-state index in [2.05, 4.69) is 26.6 Å². The van der Waals surface area contributed by atoms with Crippen molar-refractivity contribution in [1.29, 1.82) is 0 Å². The van der Waals surface area contributed by atoms with Crippen LogP contribution in [0.2, 0.25) is 0 Å². The van der Waals surface area contributed by atoms with Crippen LogP contribution in [0.3, 0.4) is 0 Å². The van der Waals surface area contributed by atoms with Gasteiger partial charge in [0.2, 0.25) is 5.91 Å². The number of nitrogens with one attached hydrogen (secondary N) is 2. The molecule has 0 heterocycles. The van der Waals surface area contributed by atoms with Gasteiger partial charge in [-0.3, -0.25) is 9.59 Å². The molecule has 0 saturated carbocycles. The third kappa shape index (κ3) is 5.86. The topological polar surface area (TPSA) is 84.0 Å². The van der Waals surface area contributed by atoms with Crippen LogP contribution in [0.25, 0.3) is 0 Å². The Balaban J connectivity index is 1.86. The van der Waals surface area contributed by atoms with Crippen molar-refractivity contribution in [1.82, 2.24) is 0 Å². The SMILES string of the molecule is COc1ccc([C@@H](C)[NH2+]CC(=O)Nc2ccc(NC(C)=O)cc2)cc1Br. The van der Waals surface area contributed by atoms with Gasteiger partial charge in [0.15, 0.2) is 6.54 Å². The van der Waals surface area contributed by atoms with Gasteiger partial charge < -0.3 is 20.7 Å². The van der Waals surface area contributed by atoms with Crippen molar-refractivity contribution in [3.8, 4) is 5.75 Å². The first-order valence-electron chi connectivity index (χ1n) is 8.23. The molecule has 138 valence electrons. The number of ether oxygens (including phenoxy) is 1. The number of hydrogen-bond donors (Lipinski definition) is 3. The van der Waals surface area contributed by atoms with E-state index in [1.54, 1.807) is 31.4 Å². The maximum absolute atomic E-state index is 12.1. The van der Waals surface area contributed by atoms with Crippen LogP contribution in [0.15, 0.2) is 46.9 Å². The van der Waals surface area contributed by atoms with Crippen molar-refractivity contribution >= 4 is 39.1 Å². The summed E-state index contributed by atoms with van der Waals surface area (Å²) in [5.74, 6) is 0.564. The van der Waals surface area contributed by atoms with Gasteiger partial charge in [0.05, 0.1) is 11.6 Å². The summed E-state index contributed by atoms with van der Waals surface area (Å²) >= 11 is 3.48. The molecule has 1 atom stereocenters. The summed E-state index contributed by atoms with van der Waals surface area (Å²) in [5.41, 5.74) is 2.49. The average molecular weight is 421 g/mol. The number of halogens is 1. The normalized spacial score (nSPS) is 11.5. The molecule has 4 N–H and O–H groups in total. The van der Waals surface area contributed by atoms with E-state index in [9.17, 15) is 9.59 Å². The maximum Gasteiger partial charge on any atom is 0.279 e. The summed E-state index contributed by atoms with van der Waals surface area (Å²) in [7, 11) is 1.63. The Labute approximate surface area is 161 Å². The highest BCUT2D eigenvalue weighted by Gasteiger charge is 2.13. The van der Waals surface area contributed by atoms with E-state index in [-0.39, 0.29) is 17.9 Å². The molecule has 0 aromatic heterocycles. The predicted molar refractivity (Wildman–Crippen MR) is 105 cm³/mol. The van der Waals surface area contributed by atoms with Crippen LogP contribution in [0.5, 0.6) is 5.75 Å². The quantitative estimate of drug-likeness (QED) is 0.643. The monoisotopic (exact) mass is 420 g/mol. The molecule has 0 aliphatic rings. The second kappa shape index (κ2) is 9.35. The Morgan fingerprint density at radius 2 is 1.73 bits per heavy atom. The summed E-state index contributed by atoms with van der Waals surface area (Å²) in [6, 6.07) is 13.0. The van der Waals surface area contributed by atoms with Crippen LogP contribution in [0.1, 0.15) is 25.5 Å². The number of nitrogens with two attached hydrogens (primary N) is 1. The summed E-state index contributed by atoms with van der Waals surface area (Å²) in [6.07, 6.45) is 0. The first-order chi connectivity index (χ1) is 12.4. The number of carbonyl (C=O) groups is 2. The molecule has 0 aliphatic carbocycles. The van der Waals surface area contributed by atoms with Gasteiger partial charge >= 0.3 is 0 Å². The molecule has 2 aromatic carbocycles. The lowest BCUT2D eigenvalue weighted by Gasteiger charge is -2.13. The van der Waals surface area contributed by atoms with Crippen LogP contribution < -0.4 is 20.7 Å². The molecule has 2 amide bonds. The summed E-state index contributed by atoms with van der Waals surface area (Å²) < 4.78 is 6.12. The number of rotatable bonds is 7. The van der Waals surface area contributed by atoms with Crippen molar-refractivity contribution in [3.63, 3.8) is 0 Å². The highest BCUT2D eigenvalue weighted by molar-refractivity contribution is 9.10. The Hall–Kier alpha value is -2.38. The summed E-state index contributed by atoms with van der Waals surface area (Å²) in [5, 5.41) is 7.50.